The fourth-order valence-electron chi connectivity index (χ4n) is 5.14. The number of hydrogen-bond acceptors (Lipinski definition) is 8. The van der Waals surface area contributed by atoms with Crippen LogP contribution in [0.2, 0.25) is 0 Å². The Morgan fingerprint density at radius 3 is 1.23 bits per heavy atom. The fraction of sp³-hybridized carbons (Fsp3) is 0.290. The number of nitrogens with zero attached hydrogens (tertiary/aromatic N) is 2. The molecule has 0 bridgehead atoms. The standard InChI is InChI=1S/C31H24F6N2O8/c1-15(2)27(44)46-11-9-38-23(40)19-7-5-17(13-21(19)25(38)42)29(30(32,33)34,31(35,36)37)18-6-8-20-22(14-18)26(43)39(24(20)41)10-12-47-28(45)16(3)4/h5-8,13-14H,1,3,9-12H2,2,4H3. The van der Waals surface area contributed by atoms with E-state index in [4.69, 9.17) is 9.47 Å². The van der Waals surface area contributed by atoms with E-state index in [0.717, 1.165) is 0 Å². The first kappa shape index (κ1) is 34.6. The van der Waals surface area contributed by atoms with Crippen molar-refractivity contribution < 1.29 is 64.6 Å². The molecule has 10 nitrogen and oxygen atoms in total. The Balaban J connectivity index is 1.76. The molecule has 0 fully saturated rings. The number of rotatable bonds is 10. The first-order chi connectivity index (χ1) is 21.7. The van der Waals surface area contributed by atoms with Gasteiger partial charge in [0.05, 0.1) is 35.3 Å². The minimum absolute atomic E-state index is 0.00192. The number of carbonyl (C=O) groups excluding carboxylic acids is 6. The number of hydrogen-bond donors (Lipinski definition) is 0. The summed E-state index contributed by atoms with van der Waals surface area (Å²) < 4.78 is 99.1. The van der Waals surface area contributed by atoms with E-state index in [2.05, 4.69) is 13.2 Å². The van der Waals surface area contributed by atoms with Crippen LogP contribution in [0.25, 0.3) is 0 Å². The van der Waals surface area contributed by atoms with Gasteiger partial charge in [-0.2, -0.15) is 26.3 Å². The topological polar surface area (TPSA) is 127 Å². The average molecular weight is 667 g/mol. The maximum Gasteiger partial charge on any atom is 0.411 e. The average Bonchev–Trinajstić information content (AvgIpc) is 3.35. The van der Waals surface area contributed by atoms with Gasteiger partial charge in [-0.1, -0.05) is 25.3 Å². The lowest BCUT2D eigenvalue weighted by Gasteiger charge is -2.38. The van der Waals surface area contributed by atoms with Crippen molar-refractivity contribution in [1.82, 2.24) is 9.80 Å². The third-order valence-electron chi connectivity index (χ3n) is 7.45. The van der Waals surface area contributed by atoms with Crippen LogP contribution in [-0.4, -0.2) is 84.0 Å². The molecule has 248 valence electrons. The third kappa shape index (κ3) is 5.79. The van der Waals surface area contributed by atoms with Gasteiger partial charge in [0.1, 0.15) is 13.2 Å². The predicted octanol–water partition coefficient (Wildman–Crippen LogP) is 4.53. The highest BCUT2D eigenvalue weighted by Crippen LogP contribution is 2.57. The third-order valence-corrected chi connectivity index (χ3v) is 7.45. The minimum Gasteiger partial charge on any atom is -0.460 e. The number of esters is 2. The molecule has 0 saturated heterocycles. The molecule has 47 heavy (non-hydrogen) atoms. The first-order valence-electron chi connectivity index (χ1n) is 13.6. The lowest BCUT2D eigenvalue weighted by atomic mass is 9.71. The summed E-state index contributed by atoms with van der Waals surface area (Å²) in [5, 5.41) is 0. The lowest BCUT2D eigenvalue weighted by molar-refractivity contribution is -0.288. The van der Waals surface area contributed by atoms with Crippen LogP contribution in [0.5, 0.6) is 0 Å². The number of benzene rings is 2. The van der Waals surface area contributed by atoms with Gasteiger partial charge in [0.15, 0.2) is 0 Å². The van der Waals surface area contributed by atoms with Crippen molar-refractivity contribution in [1.29, 1.82) is 0 Å². The Kier molecular flexibility index (Phi) is 8.94. The van der Waals surface area contributed by atoms with Crippen LogP contribution in [0.3, 0.4) is 0 Å². The molecule has 2 aliphatic rings. The zero-order valence-electron chi connectivity index (χ0n) is 24.6. The highest BCUT2D eigenvalue weighted by Gasteiger charge is 2.73. The van der Waals surface area contributed by atoms with Crippen molar-refractivity contribution in [3.8, 4) is 0 Å². The van der Waals surface area contributed by atoms with E-state index < -0.39 is 113 Å². The number of carbonyl (C=O) groups is 6. The SMILES string of the molecule is C=C(C)C(=O)OCCN1C(=O)c2ccc(C(c3ccc4c(c3)C(=O)N(CCOC(=O)C(=C)C)C4=O)(C(F)(F)F)C(F)(F)F)cc2C1=O. The number of amides is 4. The zero-order valence-corrected chi connectivity index (χ0v) is 24.6. The molecule has 0 N–H and O–H groups in total. The smallest absolute Gasteiger partial charge is 0.411 e. The largest absolute Gasteiger partial charge is 0.460 e. The molecule has 4 rings (SSSR count). The van der Waals surface area contributed by atoms with Gasteiger partial charge in [-0.25, -0.2) is 9.59 Å². The summed E-state index contributed by atoms with van der Waals surface area (Å²) in [5.41, 5.74) is -10.3. The van der Waals surface area contributed by atoms with E-state index in [1.807, 2.05) is 0 Å². The molecule has 0 aromatic heterocycles. The normalized spacial score (nSPS) is 14.7. The van der Waals surface area contributed by atoms with Gasteiger partial charge in [-0.05, 0) is 49.2 Å². The van der Waals surface area contributed by atoms with Crippen LogP contribution >= 0.6 is 0 Å². The van der Waals surface area contributed by atoms with Crippen molar-refractivity contribution in [2.24, 2.45) is 0 Å². The maximum atomic E-state index is 14.9. The molecular weight excluding hydrogens is 642 g/mol. The van der Waals surface area contributed by atoms with Gasteiger partial charge in [-0.15, -0.1) is 0 Å². The molecule has 2 heterocycles. The van der Waals surface area contributed by atoms with Crippen molar-refractivity contribution in [2.45, 2.75) is 31.6 Å². The Bertz CT molecular complexity index is 1630. The van der Waals surface area contributed by atoms with E-state index in [0.29, 0.717) is 46.2 Å². The summed E-state index contributed by atoms with van der Waals surface area (Å²) in [6.45, 7) is 7.23. The number of halogens is 6. The summed E-state index contributed by atoms with van der Waals surface area (Å²) in [6.07, 6.45) is -12.3. The molecule has 2 aromatic rings. The van der Waals surface area contributed by atoms with Gasteiger partial charge < -0.3 is 9.47 Å². The number of imide groups is 2. The minimum atomic E-state index is -6.14. The Hall–Kier alpha value is -5.28. The molecule has 0 aliphatic carbocycles. The summed E-state index contributed by atoms with van der Waals surface area (Å²) in [6, 6.07) is 2.70. The van der Waals surface area contributed by atoms with Crippen molar-refractivity contribution >= 4 is 35.6 Å². The van der Waals surface area contributed by atoms with Crippen LogP contribution < -0.4 is 0 Å². The van der Waals surface area contributed by atoms with Gasteiger partial charge in [0.25, 0.3) is 23.6 Å². The van der Waals surface area contributed by atoms with Crippen LogP contribution in [0, 0.1) is 0 Å². The van der Waals surface area contributed by atoms with Crippen LogP contribution in [-0.2, 0) is 24.5 Å². The molecule has 0 unspecified atom stereocenters. The van der Waals surface area contributed by atoms with E-state index in [1.165, 1.54) is 13.8 Å². The van der Waals surface area contributed by atoms with Gasteiger partial charge in [-0.3, -0.25) is 29.0 Å². The zero-order chi connectivity index (χ0) is 35.2. The molecule has 16 heteroatoms. The molecule has 2 aliphatic heterocycles. The van der Waals surface area contributed by atoms with Crippen molar-refractivity contribution in [3.05, 3.63) is 94.1 Å². The van der Waals surface area contributed by atoms with Crippen LogP contribution in [0.4, 0.5) is 26.3 Å². The second-order valence-electron chi connectivity index (χ2n) is 10.6. The molecule has 0 saturated carbocycles. The van der Waals surface area contributed by atoms with E-state index in [-0.39, 0.29) is 11.1 Å². The molecule has 0 radical (unpaired) electrons. The highest BCUT2D eigenvalue weighted by atomic mass is 19.4. The molecular formula is C31H24F6N2O8. The molecule has 0 spiro atoms. The van der Waals surface area contributed by atoms with Crippen LogP contribution in [0.15, 0.2) is 60.7 Å². The monoisotopic (exact) mass is 666 g/mol. The molecule has 0 atom stereocenters. The van der Waals surface area contributed by atoms with Gasteiger partial charge in [0.2, 0.25) is 5.41 Å². The van der Waals surface area contributed by atoms with Gasteiger partial charge in [0, 0.05) is 11.1 Å². The Morgan fingerprint density at radius 1 is 0.617 bits per heavy atom. The summed E-state index contributed by atoms with van der Waals surface area (Å²) in [4.78, 5) is 75.9. The van der Waals surface area contributed by atoms with Crippen molar-refractivity contribution in [3.63, 3.8) is 0 Å². The highest BCUT2D eigenvalue weighted by molar-refractivity contribution is 6.22. The van der Waals surface area contributed by atoms with E-state index in [1.54, 1.807) is 0 Å². The second kappa shape index (κ2) is 12.1. The first-order valence-corrected chi connectivity index (χ1v) is 13.6. The Labute approximate surface area is 262 Å². The summed E-state index contributed by atoms with van der Waals surface area (Å²) in [5.74, 6) is -6.24. The molecule has 4 amide bonds. The van der Waals surface area contributed by atoms with E-state index >= 15 is 0 Å². The summed E-state index contributed by atoms with van der Waals surface area (Å²) >= 11 is 0. The quantitative estimate of drug-likeness (QED) is 0.157. The predicted molar refractivity (Wildman–Crippen MR) is 148 cm³/mol. The fourth-order valence-corrected chi connectivity index (χ4v) is 5.14. The van der Waals surface area contributed by atoms with E-state index in [9.17, 15) is 55.1 Å². The van der Waals surface area contributed by atoms with Gasteiger partial charge >= 0.3 is 24.3 Å². The Morgan fingerprint density at radius 2 is 0.936 bits per heavy atom. The summed E-state index contributed by atoms with van der Waals surface area (Å²) in [7, 11) is 0. The maximum absolute atomic E-state index is 14.9. The lowest BCUT2D eigenvalue weighted by Crippen LogP contribution is -2.55. The van der Waals surface area contributed by atoms with Crippen molar-refractivity contribution in [2.75, 3.05) is 26.3 Å². The number of ether oxygens (including phenoxy) is 2. The number of fused-ring (bicyclic) bond motifs is 2. The number of alkyl halides is 6. The molecule has 2 aromatic carbocycles. The second-order valence-corrected chi connectivity index (χ2v) is 10.6. The van der Waals surface area contributed by atoms with Crippen LogP contribution in [0.1, 0.15) is 66.4 Å².